The van der Waals surface area contributed by atoms with Crippen molar-refractivity contribution in [2.75, 3.05) is 23.7 Å². The molecule has 0 aliphatic rings. The average Bonchev–Trinajstić information content (AvgIpc) is 2.35. The van der Waals surface area contributed by atoms with Crippen molar-refractivity contribution in [3.8, 4) is 0 Å². The SMILES string of the molecule is CCC(C)CN(CC)c1cc(C(N)=O)c(N)cc1F. The Labute approximate surface area is 113 Å². The van der Waals surface area contributed by atoms with Crippen molar-refractivity contribution in [3.05, 3.63) is 23.5 Å². The maximum absolute atomic E-state index is 14.0. The molecular weight excluding hydrogens is 245 g/mol. The summed E-state index contributed by atoms with van der Waals surface area (Å²) in [4.78, 5) is 13.2. The zero-order chi connectivity index (χ0) is 14.6. The largest absolute Gasteiger partial charge is 0.398 e. The van der Waals surface area contributed by atoms with Crippen LogP contribution >= 0.6 is 0 Å². The average molecular weight is 267 g/mol. The number of primary amides is 1. The van der Waals surface area contributed by atoms with E-state index in [0.29, 0.717) is 18.2 Å². The van der Waals surface area contributed by atoms with E-state index in [-0.39, 0.29) is 11.3 Å². The van der Waals surface area contributed by atoms with Crippen molar-refractivity contribution >= 4 is 17.3 Å². The number of nitrogen functional groups attached to an aromatic ring is 1. The molecule has 0 bridgehead atoms. The first-order valence-electron chi connectivity index (χ1n) is 6.54. The summed E-state index contributed by atoms with van der Waals surface area (Å²) in [6.45, 7) is 7.52. The van der Waals surface area contributed by atoms with E-state index in [0.717, 1.165) is 19.0 Å². The van der Waals surface area contributed by atoms with E-state index in [1.807, 2.05) is 11.8 Å². The lowest BCUT2D eigenvalue weighted by Gasteiger charge is -2.27. The highest BCUT2D eigenvalue weighted by molar-refractivity contribution is 5.99. The summed E-state index contributed by atoms with van der Waals surface area (Å²) in [5, 5.41) is 0. The summed E-state index contributed by atoms with van der Waals surface area (Å²) in [7, 11) is 0. The number of hydrogen-bond donors (Lipinski definition) is 2. The van der Waals surface area contributed by atoms with Crippen LogP contribution in [0.15, 0.2) is 12.1 Å². The fourth-order valence-electron chi connectivity index (χ4n) is 1.94. The number of hydrogen-bond acceptors (Lipinski definition) is 3. The van der Waals surface area contributed by atoms with Gasteiger partial charge < -0.3 is 16.4 Å². The normalized spacial score (nSPS) is 12.2. The van der Waals surface area contributed by atoms with E-state index >= 15 is 0 Å². The summed E-state index contributed by atoms with van der Waals surface area (Å²) >= 11 is 0. The molecule has 4 N–H and O–H groups in total. The fourth-order valence-corrected chi connectivity index (χ4v) is 1.94. The molecule has 0 saturated heterocycles. The Bertz CT molecular complexity index is 462. The lowest BCUT2D eigenvalue weighted by atomic mass is 10.1. The molecule has 0 radical (unpaired) electrons. The van der Waals surface area contributed by atoms with E-state index in [2.05, 4.69) is 13.8 Å². The third-order valence-corrected chi connectivity index (χ3v) is 3.34. The topological polar surface area (TPSA) is 72.3 Å². The Morgan fingerprint density at radius 1 is 1.42 bits per heavy atom. The van der Waals surface area contributed by atoms with Gasteiger partial charge in [0.05, 0.1) is 11.3 Å². The van der Waals surface area contributed by atoms with Gasteiger partial charge in [0.2, 0.25) is 0 Å². The molecule has 19 heavy (non-hydrogen) atoms. The number of nitrogens with two attached hydrogens (primary N) is 2. The van der Waals surface area contributed by atoms with Crippen LogP contribution in [0.3, 0.4) is 0 Å². The molecule has 0 aromatic heterocycles. The van der Waals surface area contributed by atoms with Crippen LogP contribution in [0, 0.1) is 11.7 Å². The van der Waals surface area contributed by atoms with Crippen LogP contribution in [0.1, 0.15) is 37.6 Å². The second kappa shape index (κ2) is 6.41. The van der Waals surface area contributed by atoms with Crippen molar-refractivity contribution < 1.29 is 9.18 Å². The molecule has 0 heterocycles. The number of nitrogens with zero attached hydrogens (tertiary/aromatic N) is 1. The Morgan fingerprint density at radius 3 is 2.53 bits per heavy atom. The van der Waals surface area contributed by atoms with Gasteiger partial charge in [0.25, 0.3) is 5.91 Å². The molecule has 1 aromatic carbocycles. The second-order valence-electron chi connectivity index (χ2n) is 4.81. The number of amides is 1. The summed E-state index contributed by atoms with van der Waals surface area (Å²) in [5.41, 5.74) is 11.5. The summed E-state index contributed by atoms with van der Waals surface area (Å²) in [5.74, 6) is -0.625. The van der Waals surface area contributed by atoms with Crippen LogP contribution in [-0.2, 0) is 0 Å². The van der Waals surface area contributed by atoms with Crippen LogP contribution in [-0.4, -0.2) is 19.0 Å². The van der Waals surface area contributed by atoms with Gasteiger partial charge in [-0.05, 0) is 25.0 Å². The molecule has 0 aliphatic carbocycles. The van der Waals surface area contributed by atoms with Gasteiger partial charge in [-0.15, -0.1) is 0 Å². The molecule has 106 valence electrons. The standard InChI is InChI=1S/C14H22FN3O/c1-4-9(3)8-18(5-2)13-6-10(14(17)19)12(16)7-11(13)15/h6-7,9H,4-5,8,16H2,1-3H3,(H2,17,19). The van der Waals surface area contributed by atoms with Gasteiger partial charge >= 0.3 is 0 Å². The van der Waals surface area contributed by atoms with Crippen molar-refractivity contribution in [2.45, 2.75) is 27.2 Å². The maximum Gasteiger partial charge on any atom is 0.250 e. The molecular formula is C14H22FN3O. The molecule has 1 aromatic rings. The van der Waals surface area contributed by atoms with E-state index in [1.165, 1.54) is 6.07 Å². The number of rotatable bonds is 6. The van der Waals surface area contributed by atoms with E-state index in [4.69, 9.17) is 11.5 Å². The monoisotopic (exact) mass is 267 g/mol. The number of halogens is 1. The third kappa shape index (κ3) is 3.59. The lowest BCUT2D eigenvalue weighted by molar-refractivity contribution is 0.100. The van der Waals surface area contributed by atoms with Crippen molar-refractivity contribution in [2.24, 2.45) is 11.7 Å². The molecule has 0 saturated carbocycles. The smallest absolute Gasteiger partial charge is 0.250 e. The van der Waals surface area contributed by atoms with Gasteiger partial charge in [0.1, 0.15) is 5.82 Å². The molecule has 0 aliphatic heterocycles. The van der Waals surface area contributed by atoms with E-state index < -0.39 is 11.7 Å². The quantitative estimate of drug-likeness (QED) is 0.777. The number of benzene rings is 1. The van der Waals surface area contributed by atoms with Crippen LogP contribution < -0.4 is 16.4 Å². The third-order valence-electron chi connectivity index (χ3n) is 3.34. The first-order chi connectivity index (χ1) is 8.90. The molecule has 0 spiro atoms. The van der Waals surface area contributed by atoms with Crippen molar-refractivity contribution in [1.82, 2.24) is 0 Å². The summed E-state index contributed by atoms with van der Waals surface area (Å²) < 4.78 is 14.0. The predicted molar refractivity (Wildman–Crippen MR) is 76.7 cm³/mol. The zero-order valence-corrected chi connectivity index (χ0v) is 11.7. The van der Waals surface area contributed by atoms with Gasteiger partial charge in [-0.3, -0.25) is 4.79 Å². The number of carbonyl (C=O) groups is 1. The summed E-state index contributed by atoms with van der Waals surface area (Å²) in [6, 6.07) is 2.60. The van der Waals surface area contributed by atoms with Crippen LogP contribution in [0.5, 0.6) is 0 Å². The van der Waals surface area contributed by atoms with Gasteiger partial charge in [0, 0.05) is 18.8 Å². The van der Waals surface area contributed by atoms with E-state index in [9.17, 15) is 9.18 Å². The Kier molecular flexibility index (Phi) is 5.15. The second-order valence-corrected chi connectivity index (χ2v) is 4.81. The molecule has 1 amide bonds. The molecule has 5 heteroatoms. The highest BCUT2D eigenvalue weighted by atomic mass is 19.1. The van der Waals surface area contributed by atoms with Crippen molar-refractivity contribution in [1.29, 1.82) is 0 Å². The number of anilines is 2. The molecule has 1 rings (SSSR count). The number of carbonyl (C=O) groups excluding carboxylic acids is 1. The van der Waals surface area contributed by atoms with Gasteiger partial charge in [-0.2, -0.15) is 0 Å². The van der Waals surface area contributed by atoms with Crippen LogP contribution in [0.25, 0.3) is 0 Å². The Hall–Kier alpha value is -1.78. The zero-order valence-electron chi connectivity index (χ0n) is 11.7. The lowest BCUT2D eigenvalue weighted by Crippen LogP contribution is -2.29. The first kappa shape index (κ1) is 15.3. The maximum atomic E-state index is 14.0. The Balaban J connectivity index is 3.16. The molecule has 1 unspecified atom stereocenters. The van der Waals surface area contributed by atoms with Gasteiger partial charge in [0.15, 0.2) is 0 Å². The van der Waals surface area contributed by atoms with Crippen LogP contribution in [0.2, 0.25) is 0 Å². The highest BCUT2D eigenvalue weighted by Gasteiger charge is 2.17. The molecule has 1 atom stereocenters. The fraction of sp³-hybridized carbons (Fsp3) is 0.500. The predicted octanol–water partition coefficient (Wildman–Crippen LogP) is 2.38. The van der Waals surface area contributed by atoms with Gasteiger partial charge in [-0.25, -0.2) is 4.39 Å². The molecule has 4 nitrogen and oxygen atoms in total. The van der Waals surface area contributed by atoms with Crippen LogP contribution in [0.4, 0.5) is 15.8 Å². The summed E-state index contributed by atoms with van der Waals surface area (Å²) in [6.07, 6.45) is 1.01. The van der Waals surface area contributed by atoms with Gasteiger partial charge in [-0.1, -0.05) is 20.3 Å². The first-order valence-corrected chi connectivity index (χ1v) is 6.54. The van der Waals surface area contributed by atoms with Crippen molar-refractivity contribution in [3.63, 3.8) is 0 Å². The van der Waals surface area contributed by atoms with E-state index in [1.54, 1.807) is 0 Å². The minimum atomic E-state index is -0.640. The minimum absolute atomic E-state index is 0.0772. The Morgan fingerprint density at radius 2 is 2.05 bits per heavy atom. The highest BCUT2D eigenvalue weighted by Crippen LogP contribution is 2.26. The molecule has 0 fully saturated rings. The minimum Gasteiger partial charge on any atom is -0.398 e.